The van der Waals surface area contributed by atoms with Gasteiger partial charge in [0.15, 0.2) is 0 Å². The number of rotatable bonds is 2. The molecule has 2 saturated carbocycles. The fraction of sp³-hybridized carbons (Fsp3) is 0.533. The third kappa shape index (κ3) is 1.61. The lowest BCUT2D eigenvalue weighted by atomic mass is 9.79. The number of fused-ring (bicyclic) bond motifs is 3. The predicted octanol–water partition coefficient (Wildman–Crippen LogP) is 3.36. The predicted molar refractivity (Wildman–Crippen MR) is 75.7 cm³/mol. The maximum Gasteiger partial charge on any atom is 0.0957 e. The normalized spacial score (nSPS) is 34.5. The molecule has 0 saturated heterocycles. The Kier molecular flexibility index (Phi) is 2.30. The Hall–Kier alpha value is -0.930. The van der Waals surface area contributed by atoms with E-state index < -0.39 is 0 Å². The second-order valence-electron chi connectivity index (χ2n) is 6.07. The van der Waals surface area contributed by atoms with Crippen LogP contribution in [0.2, 0.25) is 0 Å². The molecule has 1 aromatic carbocycles. The first-order chi connectivity index (χ1) is 8.73. The van der Waals surface area contributed by atoms with E-state index in [2.05, 4.69) is 24.3 Å². The fourth-order valence-electron chi connectivity index (χ4n) is 3.98. The zero-order chi connectivity index (χ0) is 12.2. The van der Waals surface area contributed by atoms with E-state index in [0.29, 0.717) is 0 Å². The highest BCUT2D eigenvalue weighted by Crippen LogP contribution is 2.50. The summed E-state index contributed by atoms with van der Waals surface area (Å²) in [5.74, 6) is 1.64. The van der Waals surface area contributed by atoms with Crippen molar-refractivity contribution in [1.82, 2.24) is 4.98 Å². The average Bonchev–Trinajstić information content (AvgIpc) is 3.00. The maximum atomic E-state index is 6.66. The van der Waals surface area contributed by atoms with Crippen molar-refractivity contribution in [2.24, 2.45) is 17.6 Å². The molecule has 2 N–H and O–H groups in total. The third-order valence-electron chi connectivity index (χ3n) is 4.84. The van der Waals surface area contributed by atoms with Crippen molar-refractivity contribution >= 4 is 21.6 Å². The minimum atomic E-state index is 0.0385. The van der Waals surface area contributed by atoms with E-state index in [1.54, 1.807) is 0 Å². The summed E-state index contributed by atoms with van der Waals surface area (Å²) in [7, 11) is 0. The van der Waals surface area contributed by atoms with Crippen molar-refractivity contribution in [3.63, 3.8) is 0 Å². The van der Waals surface area contributed by atoms with Crippen LogP contribution in [0.25, 0.3) is 10.2 Å². The van der Waals surface area contributed by atoms with Gasteiger partial charge in [-0.1, -0.05) is 18.6 Å². The molecule has 1 aromatic heterocycles. The zero-order valence-electron chi connectivity index (χ0n) is 10.4. The number of nitrogens with two attached hydrogens (primary N) is 1. The lowest BCUT2D eigenvalue weighted by Crippen LogP contribution is -2.46. The molecule has 3 atom stereocenters. The van der Waals surface area contributed by atoms with Gasteiger partial charge < -0.3 is 5.73 Å². The van der Waals surface area contributed by atoms with Gasteiger partial charge >= 0.3 is 0 Å². The average molecular weight is 258 g/mol. The minimum Gasteiger partial charge on any atom is -0.324 e. The summed E-state index contributed by atoms with van der Waals surface area (Å²) in [5, 5.41) is 1.23. The standard InChI is InChI=1S/C15H18N2S/c16-15(8-10-5-6-11(15)7-10)9-14-17-12-3-1-2-4-13(12)18-14/h1-4,10-11H,5-9,16H2. The van der Waals surface area contributed by atoms with Crippen LogP contribution < -0.4 is 5.73 Å². The van der Waals surface area contributed by atoms with Gasteiger partial charge in [-0.3, -0.25) is 0 Å². The summed E-state index contributed by atoms with van der Waals surface area (Å²) in [6.07, 6.45) is 6.30. The first kappa shape index (κ1) is 10.9. The summed E-state index contributed by atoms with van der Waals surface area (Å²) in [6, 6.07) is 8.39. The van der Waals surface area contributed by atoms with Gasteiger partial charge in [-0.25, -0.2) is 4.98 Å². The zero-order valence-corrected chi connectivity index (χ0v) is 11.2. The topological polar surface area (TPSA) is 38.9 Å². The maximum absolute atomic E-state index is 6.66. The summed E-state index contributed by atoms with van der Waals surface area (Å²) in [5.41, 5.74) is 7.83. The van der Waals surface area contributed by atoms with Crippen molar-refractivity contribution in [3.8, 4) is 0 Å². The quantitative estimate of drug-likeness (QED) is 0.897. The van der Waals surface area contributed by atoms with Crippen LogP contribution in [-0.4, -0.2) is 10.5 Å². The second-order valence-corrected chi connectivity index (χ2v) is 7.18. The Morgan fingerprint density at radius 3 is 2.94 bits per heavy atom. The SMILES string of the molecule is NC1(Cc2nc3ccccc3s2)CC2CCC1C2. The molecule has 1 heterocycles. The summed E-state index contributed by atoms with van der Waals surface area (Å²) in [6.45, 7) is 0. The molecule has 2 aliphatic carbocycles. The molecule has 3 unspecified atom stereocenters. The van der Waals surface area contributed by atoms with Crippen molar-refractivity contribution in [2.45, 2.75) is 37.6 Å². The van der Waals surface area contributed by atoms with Crippen LogP contribution in [-0.2, 0) is 6.42 Å². The van der Waals surface area contributed by atoms with Gasteiger partial charge in [0, 0.05) is 12.0 Å². The van der Waals surface area contributed by atoms with Crippen molar-refractivity contribution < 1.29 is 0 Å². The van der Waals surface area contributed by atoms with Crippen LogP contribution in [0.3, 0.4) is 0 Å². The van der Waals surface area contributed by atoms with E-state index in [0.717, 1.165) is 23.8 Å². The van der Waals surface area contributed by atoms with E-state index in [-0.39, 0.29) is 5.54 Å². The van der Waals surface area contributed by atoms with E-state index in [1.807, 2.05) is 11.3 Å². The van der Waals surface area contributed by atoms with Crippen LogP contribution in [0.1, 0.15) is 30.7 Å². The van der Waals surface area contributed by atoms with Crippen LogP contribution in [0.5, 0.6) is 0 Å². The van der Waals surface area contributed by atoms with Crippen LogP contribution >= 0.6 is 11.3 Å². The van der Waals surface area contributed by atoms with Crippen LogP contribution in [0, 0.1) is 11.8 Å². The Labute approximate surface area is 111 Å². The molecule has 0 radical (unpaired) electrons. The highest BCUT2D eigenvalue weighted by atomic mass is 32.1. The Balaban J connectivity index is 1.64. The molecule has 0 aliphatic heterocycles. The lowest BCUT2D eigenvalue weighted by Gasteiger charge is -2.33. The molecule has 2 aliphatic rings. The van der Waals surface area contributed by atoms with Crippen LogP contribution in [0.15, 0.2) is 24.3 Å². The largest absolute Gasteiger partial charge is 0.324 e. The van der Waals surface area contributed by atoms with Crippen molar-refractivity contribution in [1.29, 1.82) is 0 Å². The minimum absolute atomic E-state index is 0.0385. The Morgan fingerprint density at radius 2 is 2.22 bits per heavy atom. The molecule has 2 aromatic rings. The molecular formula is C15H18N2S. The van der Waals surface area contributed by atoms with Crippen molar-refractivity contribution in [2.75, 3.05) is 0 Å². The van der Waals surface area contributed by atoms with Gasteiger partial charge in [0.05, 0.1) is 15.2 Å². The summed E-state index contributed by atoms with van der Waals surface area (Å²) in [4.78, 5) is 4.74. The molecule has 2 bridgehead atoms. The van der Waals surface area contributed by atoms with E-state index in [1.165, 1.54) is 35.4 Å². The van der Waals surface area contributed by atoms with Gasteiger partial charge in [0.2, 0.25) is 0 Å². The first-order valence-corrected chi connectivity index (χ1v) is 7.68. The number of thiazole rings is 1. The highest BCUT2D eigenvalue weighted by Gasteiger charge is 2.48. The molecule has 18 heavy (non-hydrogen) atoms. The molecule has 2 fully saturated rings. The second kappa shape index (κ2) is 3.78. The third-order valence-corrected chi connectivity index (χ3v) is 5.88. The molecule has 2 nitrogen and oxygen atoms in total. The number of hydrogen-bond donors (Lipinski definition) is 1. The lowest BCUT2D eigenvalue weighted by molar-refractivity contribution is 0.269. The monoisotopic (exact) mass is 258 g/mol. The van der Waals surface area contributed by atoms with Gasteiger partial charge in [0.25, 0.3) is 0 Å². The highest BCUT2D eigenvalue weighted by molar-refractivity contribution is 7.18. The molecule has 0 amide bonds. The molecule has 3 heteroatoms. The van der Waals surface area contributed by atoms with E-state index in [9.17, 15) is 0 Å². The van der Waals surface area contributed by atoms with Gasteiger partial charge in [-0.05, 0) is 43.2 Å². The molecule has 0 spiro atoms. The molecule has 94 valence electrons. The summed E-state index contributed by atoms with van der Waals surface area (Å²) >= 11 is 1.82. The van der Waals surface area contributed by atoms with E-state index >= 15 is 0 Å². The molecule has 4 rings (SSSR count). The Morgan fingerprint density at radius 1 is 1.33 bits per heavy atom. The summed E-state index contributed by atoms with van der Waals surface area (Å²) < 4.78 is 1.29. The van der Waals surface area contributed by atoms with Gasteiger partial charge in [-0.2, -0.15) is 0 Å². The van der Waals surface area contributed by atoms with Crippen molar-refractivity contribution in [3.05, 3.63) is 29.3 Å². The van der Waals surface area contributed by atoms with Gasteiger partial charge in [-0.15, -0.1) is 11.3 Å². The Bertz CT molecular complexity index is 558. The molecular weight excluding hydrogens is 240 g/mol. The van der Waals surface area contributed by atoms with Crippen LogP contribution in [0.4, 0.5) is 0 Å². The number of aromatic nitrogens is 1. The number of hydrogen-bond acceptors (Lipinski definition) is 3. The van der Waals surface area contributed by atoms with Gasteiger partial charge in [0.1, 0.15) is 0 Å². The fourth-order valence-corrected chi connectivity index (χ4v) is 5.08. The number of nitrogens with zero attached hydrogens (tertiary/aromatic N) is 1. The smallest absolute Gasteiger partial charge is 0.0957 e. The number of para-hydroxylation sites is 1. The van der Waals surface area contributed by atoms with E-state index in [4.69, 9.17) is 10.7 Å². The number of benzene rings is 1. The first-order valence-electron chi connectivity index (χ1n) is 6.86.